The van der Waals surface area contributed by atoms with E-state index in [9.17, 15) is 9.90 Å². The van der Waals surface area contributed by atoms with Crippen LogP contribution in [0.5, 0.6) is 5.75 Å². The van der Waals surface area contributed by atoms with Gasteiger partial charge in [0.1, 0.15) is 5.75 Å². The van der Waals surface area contributed by atoms with Gasteiger partial charge in [-0.15, -0.1) is 0 Å². The van der Waals surface area contributed by atoms with Gasteiger partial charge in [0.2, 0.25) is 0 Å². The number of rotatable bonds is 5. The molecule has 3 N–H and O–H groups in total. The summed E-state index contributed by atoms with van der Waals surface area (Å²) in [5.74, 6) is 0.227. The van der Waals surface area contributed by atoms with Crippen molar-refractivity contribution in [2.45, 2.75) is 19.1 Å². The summed E-state index contributed by atoms with van der Waals surface area (Å²) in [6.07, 6.45) is -1.10. The van der Waals surface area contributed by atoms with Gasteiger partial charge in [-0.25, -0.2) is 0 Å². The molecule has 0 spiro atoms. The number of carbonyl (C=O) groups is 1. The summed E-state index contributed by atoms with van der Waals surface area (Å²) in [5, 5.41) is 16.4. The number of benzene rings is 1. The normalized spacial score (nSPS) is 22.9. The Labute approximate surface area is 133 Å². The van der Waals surface area contributed by atoms with Crippen LogP contribution in [0, 0.1) is 5.92 Å². The van der Waals surface area contributed by atoms with Gasteiger partial charge in [-0.05, 0) is 25.1 Å². The highest BCUT2D eigenvalue weighted by Gasteiger charge is 2.26. The molecule has 5 nitrogen and oxygen atoms in total. The van der Waals surface area contributed by atoms with Crippen molar-refractivity contribution in [1.82, 2.24) is 10.6 Å². The summed E-state index contributed by atoms with van der Waals surface area (Å²) in [7, 11) is 0. The zero-order valence-corrected chi connectivity index (χ0v) is 13.1. The maximum atomic E-state index is 12.0. The molecule has 1 fully saturated rings. The second-order valence-electron chi connectivity index (χ2n) is 5.10. The number of halogens is 2. The largest absolute Gasteiger partial charge is 0.481 e. The Bertz CT molecular complexity index is 493. The molecular weight excluding hydrogens is 315 g/mol. The first-order valence-corrected chi connectivity index (χ1v) is 7.50. The average molecular weight is 333 g/mol. The number of amides is 1. The van der Waals surface area contributed by atoms with E-state index in [2.05, 4.69) is 10.6 Å². The molecule has 116 valence electrons. The summed E-state index contributed by atoms with van der Waals surface area (Å²) < 4.78 is 5.52. The van der Waals surface area contributed by atoms with E-state index >= 15 is 0 Å². The first-order valence-electron chi connectivity index (χ1n) is 6.75. The molecule has 1 aromatic carbocycles. The third kappa shape index (κ3) is 4.74. The second-order valence-corrected chi connectivity index (χ2v) is 5.97. The topological polar surface area (TPSA) is 70.6 Å². The summed E-state index contributed by atoms with van der Waals surface area (Å²) in [4.78, 5) is 12.0. The van der Waals surface area contributed by atoms with Crippen LogP contribution in [0.2, 0.25) is 10.0 Å². The summed E-state index contributed by atoms with van der Waals surface area (Å²) in [6, 6.07) is 4.79. The quantitative estimate of drug-likeness (QED) is 0.763. The Balaban J connectivity index is 1.84. The Kier molecular flexibility index (Phi) is 5.70. The van der Waals surface area contributed by atoms with Gasteiger partial charge in [-0.3, -0.25) is 4.79 Å². The number of aliphatic hydroxyl groups excluding tert-OH is 1. The number of β-amino-alcohol motifs (C(OH)–C–C–N with tert-alkyl or cyclic N) is 1. The van der Waals surface area contributed by atoms with Crippen molar-refractivity contribution in [2.24, 2.45) is 5.92 Å². The number of aliphatic hydroxyl groups is 1. The smallest absolute Gasteiger partial charge is 0.260 e. The first kappa shape index (κ1) is 16.4. The van der Waals surface area contributed by atoms with Gasteiger partial charge in [0.05, 0.1) is 6.10 Å². The highest BCUT2D eigenvalue weighted by atomic mass is 35.5. The van der Waals surface area contributed by atoms with Crippen LogP contribution >= 0.6 is 23.2 Å². The molecule has 1 heterocycles. The van der Waals surface area contributed by atoms with E-state index in [4.69, 9.17) is 27.9 Å². The molecule has 1 amide bonds. The van der Waals surface area contributed by atoms with E-state index in [1.54, 1.807) is 25.1 Å². The number of hydrogen-bond donors (Lipinski definition) is 3. The number of hydrogen-bond acceptors (Lipinski definition) is 4. The van der Waals surface area contributed by atoms with E-state index in [1.165, 1.54) is 0 Å². The van der Waals surface area contributed by atoms with E-state index in [0.717, 1.165) is 0 Å². The molecule has 0 aliphatic carbocycles. The van der Waals surface area contributed by atoms with Crippen molar-refractivity contribution in [3.8, 4) is 5.75 Å². The Morgan fingerprint density at radius 1 is 1.43 bits per heavy atom. The van der Waals surface area contributed by atoms with Gasteiger partial charge in [0.15, 0.2) is 6.10 Å². The molecule has 7 heteroatoms. The lowest BCUT2D eigenvalue weighted by atomic mass is 10.1. The minimum absolute atomic E-state index is 0.0294. The summed E-state index contributed by atoms with van der Waals surface area (Å²) in [5.41, 5.74) is 0. The van der Waals surface area contributed by atoms with E-state index in [1.807, 2.05) is 0 Å². The minimum atomic E-state index is -0.675. The molecule has 0 radical (unpaired) electrons. The molecule has 3 atom stereocenters. The zero-order chi connectivity index (χ0) is 15.4. The Hall–Kier alpha value is -1.01. The maximum Gasteiger partial charge on any atom is 0.260 e. The SMILES string of the molecule is CC(Oc1cc(Cl)cc(Cl)c1)C(=O)NCC1CNCC1O. The predicted molar refractivity (Wildman–Crippen MR) is 81.9 cm³/mol. The van der Waals surface area contributed by atoms with Crippen LogP contribution in [-0.4, -0.2) is 42.9 Å². The molecule has 0 bridgehead atoms. The van der Waals surface area contributed by atoms with Gasteiger partial charge in [-0.2, -0.15) is 0 Å². The fourth-order valence-electron chi connectivity index (χ4n) is 2.16. The second kappa shape index (κ2) is 7.31. The van der Waals surface area contributed by atoms with E-state index in [0.29, 0.717) is 35.4 Å². The minimum Gasteiger partial charge on any atom is -0.481 e. The fraction of sp³-hybridized carbons (Fsp3) is 0.500. The van der Waals surface area contributed by atoms with Gasteiger partial charge < -0.3 is 20.5 Å². The number of ether oxygens (including phenoxy) is 1. The van der Waals surface area contributed by atoms with Crippen molar-refractivity contribution < 1.29 is 14.6 Å². The Morgan fingerprint density at radius 2 is 2.10 bits per heavy atom. The van der Waals surface area contributed by atoms with Crippen LogP contribution < -0.4 is 15.4 Å². The van der Waals surface area contributed by atoms with Crippen LogP contribution in [0.4, 0.5) is 0 Å². The molecular formula is C14H18Cl2N2O3. The van der Waals surface area contributed by atoms with Gasteiger partial charge in [0.25, 0.3) is 5.91 Å². The van der Waals surface area contributed by atoms with Crippen molar-refractivity contribution in [2.75, 3.05) is 19.6 Å². The van der Waals surface area contributed by atoms with Crippen LogP contribution in [0.25, 0.3) is 0 Å². The van der Waals surface area contributed by atoms with Crippen molar-refractivity contribution >= 4 is 29.1 Å². The Morgan fingerprint density at radius 3 is 2.67 bits per heavy atom. The standard InChI is InChI=1S/C14H18Cl2N2O3/c1-8(21-12-3-10(15)2-11(16)4-12)14(20)18-6-9-5-17-7-13(9)19/h2-4,8-9,13,17,19H,5-7H2,1H3,(H,18,20). The summed E-state index contributed by atoms with van der Waals surface area (Å²) >= 11 is 11.8. The van der Waals surface area contributed by atoms with Crippen LogP contribution in [-0.2, 0) is 4.79 Å². The lowest BCUT2D eigenvalue weighted by Crippen LogP contribution is -2.41. The third-order valence-electron chi connectivity index (χ3n) is 3.36. The first-order chi connectivity index (χ1) is 9.95. The van der Waals surface area contributed by atoms with E-state index < -0.39 is 12.2 Å². The van der Waals surface area contributed by atoms with Crippen LogP contribution in [0.1, 0.15) is 6.92 Å². The number of carbonyl (C=O) groups excluding carboxylic acids is 1. The highest BCUT2D eigenvalue weighted by molar-refractivity contribution is 6.34. The van der Waals surface area contributed by atoms with E-state index in [-0.39, 0.29) is 11.8 Å². The van der Waals surface area contributed by atoms with Gasteiger partial charge in [-0.1, -0.05) is 23.2 Å². The van der Waals surface area contributed by atoms with Crippen LogP contribution in [0.3, 0.4) is 0 Å². The molecule has 3 unspecified atom stereocenters. The fourth-order valence-corrected chi connectivity index (χ4v) is 2.66. The molecule has 21 heavy (non-hydrogen) atoms. The summed E-state index contributed by atoms with van der Waals surface area (Å²) in [6.45, 7) is 3.32. The van der Waals surface area contributed by atoms with Gasteiger partial charge >= 0.3 is 0 Å². The highest BCUT2D eigenvalue weighted by Crippen LogP contribution is 2.24. The lowest BCUT2D eigenvalue weighted by Gasteiger charge is -2.18. The molecule has 1 saturated heterocycles. The molecule has 1 aromatic rings. The van der Waals surface area contributed by atoms with Crippen molar-refractivity contribution in [3.63, 3.8) is 0 Å². The van der Waals surface area contributed by atoms with Crippen molar-refractivity contribution in [1.29, 1.82) is 0 Å². The predicted octanol–water partition coefficient (Wildman–Crippen LogP) is 1.46. The molecule has 1 aliphatic heterocycles. The lowest BCUT2D eigenvalue weighted by molar-refractivity contribution is -0.127. The molecule has 2 rings (SSSR count). The van der Waals surface area contributed by atoms with Crippen LogP contribution in [0.15, 0.2) is 18.2 Å². The average Bonchev–Trinajstić information content (AvgIpc) is 2.80. The van der Waals surface area contributed by atoms with Gasteiger partial charge in [0, 0.05) is 35.6 Å². The molecule has 0 aromatic heterocycles. The monoisotopic (exact) mass is 332 g/mol. The number of nitrogens with one attached hydrogen (secondary N) is 2. The molecule has 1 aliphatic rings. The molecule has 0 saturated carbocycles. The third-order valence-corrected chi connectivity index (χ3v) is 3.80. The zero-order valence-electron chi connectivity index (χ0n) is 11.6. The maximum absolute atomic E-state index is 12.0. The van der Waals surface area contributed by atoms with Crippen molar-refractivity contribution in [3.05, 3.63) is 28.2 Å².